The van der Waals surface area contributed by atoms with Gasteiger partial charge in [0.05, 0.1) is 13.2 Å². The quantitative estimate of drug-likeness (QED) is 0.347. The lowest BCUT2D eigenvalue weighted by Gasteiger charge is -1.98. The number of nitrogens with two attached hydrogens (primary N) is 1. The Morgan fingerprint density at radius 1 is 1.58 bits per heavy atom. The van der Waals surface area contributed by atoms with Crippen LogP contribution in [0.5, 0.6) is 0 Å². The smallest absolute Gasteiger partial charge is 0.154 e. The summed E-state index contributed by atoms with van der Waals surface area (Å²) in [4.78, 5) is 3.79. The van der Waals surface area contributed by atoms with Gasteiger partial charge in [-0.25, -0.2) is 8.42 Å². The average Bonchev–Trinajstić information content (AvgIpc) is 1.84. The Morgan fingerprint density at radius 3 is 2.58 bits per heavy atom. The second kappa shape index (κ2) is 5.10. The van der Waals surface area contributed by atoms with E-state index >= 15 is 0 Å². The van der Waals surface area contributed by atoms with E-state index in [-0.39, 0.29) is 11.6 Å². The Kier molecular flexibility index (Phi) is 4.84. The van der Waals surface area contributed by atoms with E-state index in [2.05, 4.69) is 4.99 Å². The molecule has 72 valence electrons. The number of ether oxygens (including phenoxy) is 1. The molecular weight excluding hydrogens is 180 g/mol. The van der Waals surface area contributed by atoms with Crippen molar-refractivity contribution in [1.82, 2.24) is 0 Å². The van der Waals surface area contributed by atoms with Crippen LogP contribution in [0.3, 0.4) is 0 Å². The zero-order valence-corrected chi connectivity index (χ0v) is 8.10. The van der Waals surface area contributed by atoms with Crippen molar-refractivity contribution < 1.29 is 13.2 Å². The molecule has 0 amide bonds. The van der Waals surface area contributed by atoms with Crippen LogP contribution in [0, 0.1) is 0 Å². The van der Waals surface area contributed by atoms with Crippen molar-refractivity contribution in [2.75, 3.05) is 32.3 Å². The number of rotatable bonds is 5. The van der Waals surface area contributed by atoms with Gasteiger partial charge in [0.15, 0.2) is 9.84 Å². The summed E-state index contributed by atoms with van der Waals surface area (Å²) >= 11 is 0. The topological polar surface area (TPSA) is 81.8 Å². The molecule has 12 heavy (non-hydrogen) atoms. The van der Waals surface area contributed by atoms with Crippen molar-refractivity contribution in [2.24, 2.45) is 10.7 Å². The first-order chi connectivity index (χ1) is 5.45. The first kappa shape index (κ1) is 11.4. The molecule has 0 saturated heterocycles. The molecule has 0 aliphatic rings. The maximum atomic E-state index is 10.7. The van der Waals surface area contributed by atoms with Crippen LogP contribution in [0.15, 0.2) is 4.99 Å². The summed E-state index contributed by atoms with van der Waals surface area (Å²) in [5.41, 5.74) is 5.32. The summed E-state index contributed by atoms with van der Waals surface area (Å²) in [6.45, 7) is 0.850. The zero-order valence-electron chi connectivity index (χ0n) is 7.28. The van der Waals surface area contributed by atoms with E-state index in [0.717, 1.165) is 6.26 Å². The number of amidine groups is 1. The molecule has 2 N–H and O–H groups in total. The summed E-state index contributed by atoms with van der Waals surface area (Å²) in [7, 11) is -1.51. The first-order valence-corrected chi connectivity index (χ1v) is 5.47. The van der Waals surface area contributed by atoms with Gasteiger partial charge in [-0.2, -0.15) is 0 Å². The lowest BCUT2D eigenvalue weighted by atomic mass is 10.6. The second-order valence-corrected chi connectivity index (χ2v) is 4.58. The van der Waals surface area contributed by atoms with E-state index in [9.17, 15) is 8.42 Å². The van der Waals surface area contributed by atoms with Gasteiger partial charge in [0.25, 0.3) is 0 Å². The Hall–Kier alpha value is -0.620. The van der Waals surface area contributed by atoms with Crippen molar-refractivity contribution in [3.8, 4) is 0 Å². The molecule has 0 aliphatic heterocycles. The third-order valence-corrected chi connectivity index (χ3v) is 1.84. The van der Waals surface area contributed by atoms with Crippen molar-refractivity contribution in [2.45, 2.75) is 0 Å². The van der Waals surface area contributed by atoms with Crippen molar-refractivity contribution in [3.05, 3.63) is 0 Å². The Labute approximate surface area is 72.5 Å². The minimum absolute atomic E-state index is 0.134. The summed E-state index contributed by atoms with van der Waals surface area (Å²) in [6, 6.07) is 0. The molecule has 0 unspecified atom stereocenters. The number of nitrogens with zero attached hydrogens (tertiary/aromatic N) is 1. The van der Waals surface area contributed by atoms with Gasteiger partial charge in [-0.05, 0) is 0 Å². The molecule has 0 spiro atoms. The van der Waals surface area contributed by atoms with Gasteiger partial charge in [-0.15, -0.1) is 0 Å². The lowest BCUT2D eigenvalue weighted by molar-refractivity contribution is 0.208. The Balaban J connectivity index is 3.87. The van der Waals surface area contributed by atoms with Crippen molar-refractivity contribution >= 4 is 15.7 Å². The number of hydrogen-bond donors (Lipinski definition) is 1. The summed E-state index contributed by atoms with van der Waals surface area (Å²) in [5.74, 6) is -0.0500. The fraction of sp³-hybridized carbons (Fsp3) is 0.833. The van der Waals surface area contributed by atoms with Gasteiger partial charge in [0, 0.05) is 13.4 Å². The van der Waals surface area contributed by atoms with E-state index in [1.807, 2.05) is 0 Å². The molecule has 0 fully saturated rings. The van der Waals surface area contributed by atoms with E-state index in [4.69, 9.17) is 10.5 Å². The van der Waals surface area contributed by atoms with Crippen LogP contribution >= 0.6 is 0 Å². The highest BCUT2D eigenvalue weighted by molar-refractivity contribution is 7.91. The minimum Gasteiger partial charge on any atom is -0.387 e. The van der Waals surface area contributed by atoms with Crippen molar-refractivity contribution in [3.63, 3.8) is 0 Å². The molecule has 6 heteroatoms. The molecule has 0 rings (SSSR count). The lowest BCUT2D eigenvalue weighted by Crippen LogP contribution is -2.23. The first-order valence-electron chi connectivity index (χ1n) is 3.41. The molecule has 0 radical (unpaired) electrons. The molecule has 0 aliphatic carbocycles. The largest absolute Gasteiger partial charge is 0.387 e. The molecule has 0 heterocycles. The molecule has 0 saturated carbocycles. The van der Waals surface area contributed by atoms with Crippen LogP contribution in [0.25, 0.3) is 0 Å². The van der Waals surface area contributed by atoms with E-state index < -0.39 is 9.84 Å². The Bertz CT molecular complexity index is 246. The summed E-state index contributed by atoms with van der Waals surface area (Å²) in [5, 5.41) is 0. The standard InChI is InChI=1S/C6H14N2O3S/c1-11-4-3-8-6(7)5-12(2,9)10/h3-5H2,1-2H3,(H2,7,8). The normalized spacial score (nSPS) is 13.3. The van der Waals surface area contributed by atoms with E-state index in [1.165, 1.54) is 0 Å². The SMILES string of the molecule is COCCN=C(N)CS(C)(=O)=O. The highest BCUT2D eigenvalue weighted by Gasteiger charge is 2.04. The predicted octanol–water partition coefficient (Wildman–Crippen LogP) is -0.965. The highest BCUT2D eigenvalue weighted by atomic mass is 32.2. The van der Waals surface area contributed by atoms with Gasteiger partial charge in [-0.3, -0.25) is 4.99 Å². The maximum absolute atomic E-state index is 10.7. The number of sulfone groups is 1. The average molecular weight is 194 g/mol. The molecule has 0 atom stereocenters. The van der Waals surface area contributed by atoms with Gasteiger partial charge in [0.1, 0.15) is 11.6 Å². The van der Waals surface area contributed by atoms with Gasteiger partial charge in [-0.1, -0.05) is 0 Å². The van der Waals surface area contributed by atoms with E-state index in [0.29, 0.717) is 13.2 Å². The predicted molar refractivity (Wildman–Crippen MR) is 48.1 cm³/mol. The zero-order chi connectivity index (χ0) is 9.61. The van der Waals surface area contributed by atoms with Crippen LogP contribution < -0.4 is 5.73 Å². The summed E-state index contributed by atoms with van der Waals surface area (Å²) in [6.07, 6.45) is 1.12. The van der Waals surface area contributed by atoms with Crippen LogP contribution in [-0.2, 0) is 14.6 Å². The van der Waals surface area contributed by atoms with Crippen LogP contribution in [0.4, 0.5) is 0 Å². The third kappa shape index (κ3) is 7.49. The Morgan fingerprint density at radius 2 is 2.17 bits per heavy atom. The fourth-order valence-electron chi connectivity index (χ4n) is 0.595. The highest BCUT2D eigenvalue weighted by Crippen LogP contribution is 1.83. The molecule has 5 nitrogen and oxygen atoms in total. The number of methoxy groups -OCH3 is 1. The molecule has 0 bridgehead atoms. The number of hydrogen-bond acceptors (Lipinski definition) is 4. The van der Waals surface area contributed by atoms with Crippen LogP contribution in [0.2, 0.25) is 0 Å². The van der Waals surface area contributed by atoms with Gasteiger partial charge < -0.3 is 10.5 Å². The second-order valence-electron chi connectivity index (χ2n) is 2.44. The molecule has 0 aromatic heterocycles. The molecular formula is C6H14N2O3S. The minimum atomic E-state index is -3.06. The van der Waals surface area contributed by atoms with E-state index in [1.54, 1.807) is 7.11 Å². The monoisotopic (exact) mass is 194 g/mol. The third-order valence-electron chi connectivity index (χ3n) is 1.02. The molecule has 0 aromatic carbocycles. The van der Waals surface area contributed by atoms with Gasteiger partial charge >= 0.3 is 0 Å². The molecule has 0 aromatic rings. The fourth-order valence-corrected chi connectivity index (χ4v) is 1.22. The summed E-state index contributed by atoms with van der Waals surface area (Å²) < 4.78 is 26.1. The van der Waals surface area contributed by atoms with Crippen LogP contribution in [0.1, 0.15) is 0 Å². The number of aliphatic imine (C=N–C) groups is 1. The van der Waals surface area contributed by atoms with Gasteiger partial charge in [0.2, 0.25) is 0 Å². The maximum Gasteiger partial charge on any atom is 0.154 e. The van der Waals surface area contributed by atoms with Crippen molar-refractivity contribution in [1.29, 1.82) is 0 Å². The van der Waals surface area contributed by atoms with Crippen LogP contribution in [-0.4, -0.2) is 46.5 Å².